The zero-order valence-corrected chi connectivity index (χ0v) is 9.63. The van der Waals surface area contributed by atoms with Crippen LogP contribution >= 0.6 is 15.9 Å². The number of halogens is 1. The molecule has 1 atom stereocenters. The summed E-state index contributed by atoms with van der Waals surface area (Å²) < 4.78 is 0.913. The summed E-state index contributed by atoms with van der Waals surface area (Å²) in [6.45, 7) is 1.78. The van der Waals surface area contributed by atoms with Crippen molar-refractivity contribution < 1.29 is 4.79 Å². The van der Waals surface area contributed by atoms with Crippen LogP contribution < -0.4 is 10.6 Å². The maximum atomic E-state index is 11.2. The average Bonchev–Trinajstić information content (AvgIpc) is 2.20. The molecule has 0 aliphatic rings. The number of nitrogens with zero attached hydrogens (tertiary/aromatic N) is 1. The summed E-state index contributed by atoms with van der Waals surface area (Å²) in [4.78, 5) is 15.3. The highest BCUT2D eigenvalue weighted by Crippen LogP contribution is 2.11. The molecule has 0 saturated carbocycles. The Kier molecular flexibility index (Phi) is 3.88. The predicted octanol–water partition coefficient (Wildman–Crippen LogP) is 1.39. The molecule has 76 valence electrons. The fraction of sp³-hybridized carbons (Fsp3) is 0.333. The number of pyridine rings is 1. The van der Waals surface area contributed by atoms with Gasteiger partial charge in [0.2, 0.25) is 5.91 Å². The normalized spacial score (nSPS) is 11.9. The van der Waals surface area contributed by atoms with E-state index >= 15 is 0 Å². The standard InChI is InChI=1S/C9H12BrN3O/c1-6(9(14)11-2)13-8-4-3-7(10)5-12-8/h3-6H,1-2H3,(H,11,14)(H,12,13)/t6-/m0/s1. The molecule has 0 unspecified atom stereocenters. The van der Waals surface area contributed by atoms with Gasteiger partial charge in [0.25, 0.3) is 0 Å². The number of hydrogen-bond acceptors (Lipinski definition) is 3. The molecular formula is C9H12BrN3O. The van der Waals surface area contributed by atoms with Gasteiger partial charge in [0.15, 0.2) is 0 Å². The smallest absolute Gasteiger partial charge is 0.241 e. The number of carbonyl (C=O) groups is 1. The molecule has 1 aromatic heterocycles. The lowest BCUT2D eigenvalue weighted by Gasteiger charge is -2.12. The number of nitrogens with one attached hydrogen (secondary N) is 2. The van der Waals surface area contributed by atoms with Crippen LogP contribution in [0.1, 0.15) is 6.92 Å². The number of anilines is 1. The Morgan fingerprint density at radius 1 is 1.57 bits per heavy atom. The number of likely N-dealkylation sites (N-methyl/N-ethyl adjacent to an activating group) is 1. The quantitative estimate of drug-likeness (QED) is 0.861. The molecule has 0 fully saturated rings. The van der Waals surface area contributed by atoms with Crippen LogP contribution in [0.4, 0.5) is 5.82 Å². The second-order valence-corrected chi connectivity index (χ2v) is 3.76. The van der Waals surface area contributed by atoms with Gasteiger partial charge in [-0.2, -0.15) is 0 Å². The molecule has 0 aliphatic carbocycles. The Bertz CT molecular complexity index is 312. The second kappa shape index (κ2) is 4.95. The maximum Gasteiger partial charge on any atom is 0.241 e. The molecule has 5 heteroatoms. The van der Waals surface area contributed by atoms with Crippen LogP contribution in [0.25, 0.3) is 0 Å². The molecule has 0 radical (unpaired) electrons. The minimum Gasteiger partial charge on any atom is -0.359 e. The van der Waals surface area contributed by atoms with E-state index in [-0.39, 0.29) is 11.9 Å². The number of rotatable bonds is 3. The molecule has 1 amide bonds. The number of aromatic nitrogens is 1. The summed E-state index contributed by atoms with van der Waals surface area (Å²) in [5.74, 6) is 0.624. The van der Waals surface area contributed by atoms with Gasteiger partial charge in [-0.05, 0) is 35.0 Å². The van der Waals surface area contributed by atoms with Gasteiger partial charge in [-0.3, -0.25) is 4.79 Å². The van der Waals surface area contributed by atoms with E-state index in [1.54, 1.807) is 20.2 Å². The van der Waals surface area contributed by atoms with Crippen LogP contribution in [0, 0.1) is 0 Å². The lowest BCUT2D eigenvalue weighted by molar-refractivity contribution is -0.121. The maximum absolute atomic E-state index is 11.2. The lowest BCUT2D eigenvalue weighted by atomic mass is 10.3. The van der Waals surface area contributed by atoms with Crippen LogP contribution in [-0.2, 0) is 4.79 Å². The first-order valence-electron chi connectivity index (χ1n) is 4.23. The van der Waals surface area contributed by atoms with Crippen molar-refractivity contribution in [1.29, 1.82) is 0 Å². The van der Waals surface area contributed by atoms with E-state index in [2.05, 4.69) is 31.5 Å². The molecule has 2 N–H and O–H groups in total. The van der Waals surface area contributed by atoms with Crippen LogP contribution in [0.3, 0.4) is 0 Å². The number of hydrogen-bond donors (Lipinski definition) is 2. The van der Waals surface area contributed by atoms with Crippen molar-refractivity contribution in [2.24, 2.45) is 0 Å². The van der Waals surface area contributed by atoms with E-state index < -0.39 is 0 Å². The highest BCUT2D eigenvalue weighted by Gasteiger charge is 2.10. The third-order valence-corrected chi connectivity index (χ3v) is 2.20. The van der Waals surface area contributed by atoms with Crippen molar-refractivity contribution >= 4 is 27.7 Å². The van der Waals surface area contributed by atoms with Crippen molar-refractivity contribution in [3.05, 3.63) is 22.8 Å². The highest BCUT2D eigenvalue weighted by atomic mass is 79.9. The van der Waals surface area contributed by atoms with Crippen molar-refractivity contribution in [3.63, 3.8) is 0 Å². The SMILES string of the molecule is CNC(=O)[C@H](C)Nc1ccc(Br)cn1. The van der Waals surface area contributed by atoms with Crippen LogP contribution in [0.5, 0.6) is 0 Å². The van der Waals surface area contributed by atoms with E-state index in [0.717, 1.165) is 4.47 Å². The molecule has 0 aromatic carbocycles. The highest BCUT2D eigenvalue weighted by molar-refractivity contribution is 9.10. The predicted molar refractivity (Wildman–Crippen MR) is 59.1 cm³/mol. The topological polar surface area (TPSA) is 54.0 Å². The average molecular weight is 258 g/mol. The zero-order valence-electron chi connectivity index (χ0n) is 8.04. The monoisotopic (exact) mass is 257 g/mol. The second-order valence-electron chi connectivity index (χ2n) is 2.84. The summed E-state index contributed by atoms with van der Waals surface area (Å²) in [5, 5.41) is 5.53. The zero-order chi connectivity index (χ0) is 10.6. The number of carbonyl (C=O) groups excluding carboxylic acids is 1. The fourth-order valence-corrected chi connectivity index (χ4v) is 1.20. The van der Waals surface area contributed by atoms with E-state index in [1.807, 2.05) is 12.1 Å². The number of amides is 1. The van der Waals surface area contributed by atoms with Crippen molar-refractivity contribution in [2.45, 2.75) is 13.0 Å². The summed E-state index contributed by atoms with van der Waals surface area (Å²) in [6.07, 6.45) is 1.68. The molecule has 1 aromatic rings. The van der Waals surface area contributed by atoms with Gasteiger partial charge in [-0.25, -0.2) is 4.98 Å². The summed E-state index contributed by atoms with van der Waals surface area (Å²) in [6, 6.07) is 3.39. The molecule has 1 heterocycles. The first kappa shape index (κ1) is 11.0. The third kappa shape index (κ3) is 2.99. The molecule has 0 bridgehead atoms. The summed E-state index contributed by atoms with van der Waals surface area (Å²) >= 11 is 3.28. The van der Waals surface area contributed by atoms with Gasteiger partial charge in [0, 0.05) is 17.7 Å². The van der Waals surface area contributed by atoms with E-state index in [0.29, 0.717) is 5.82 Å². The van der Waals surface area contributed by atoms with Gasteiger partial charge >= 0.3 is 0 Å². The molecule has 4 nitrogen and oxygen atoms in total. The van der Waals surface area contributed by atoms with Crippen molar-refractivity contribution in [1.82, 2.24) is 10.3 Å². The van der Waals surface area contributed by atoms with Gasteiger partial charge in [0.1, 0.15) is 11.9 Å². The largest absolute Gasteiger partial charge is 0.359 e. The molecule has 0 spiro atoms. The van der Waals surface area contributed by atoms with Gasteiger partial charge in [-0.15, -0.1) is 0 Å². The van der Waals surface area contributed by atoms with E-state index in [1.165, 1.54) is 0 Å². The Morgan fingerprint density at radius 3 is 2.79 bits per heavy atom. The van der Waals surface area contributed by atoms with Gasteiger partial charge in [-0.1, -0.05) is 0 Å². The Morgan fingerprint density at radius 2 is 2.29 bits per heavy atom. The van der Waals surface area contributed by atoms with E-state index in [9.17, 15) is 4.79 Å². The third-order valence-electron chi connectivity index (χ3n) is 1.73. The molecule has 0 aliphatic heterocycles. The van der Waals surface area contributed by atoms with Crippen molar-refractivity contribution in [3.8, 4) is 0 Å². The minimum atomic E-state index is -0.284. The lowest BCUT2D eigenvalue weighted by Crippen LogP contribution is -2.35. The minimum absolute atomic E-state index is 0.0604. The van der Waals surface area contributed by atoms with Crippen LogP contribution in [0.2, 0.25) is 0 Å². The van der Waals surface area contributed by atoms with E-state index in [4.69, 9.17) is 0 Å². The molecular weight excluding hydrogens is 246 g/mol. The van der Waals surface area contributed by atoms with Gasteiger partial charge in [0.05, 0.1) is 0 Å². The first-order chi connectivity index (χ1) is 6.63. The first-order valence-corrected chi connectivity index (χ1v) is 5.02. The molecule has 0 saturated heterocycles. The molecule has 1 rings (SSSR count). The summed E-state index contributed by atoms with van der Waals surface area (Å²) in [5.41, 5.74) is 0. The van der Waals surface area contributed by atoms with Crippen LogP contribution in [-0.4, -0.2) is 24.0 Å². The molecule has 14 heavy (non-hydrogen) atoms. The van der Waals surface area contributed by atoms with Crippen molar-refractivity contribution in [2.75, 3.05) is 12.4 Å². The fourth-order valence-electron chi connectivity index (χ4n) is 0.965. The Balaban J connectivity index is 2.60. The Labute approximate surface area is 91.2 Å². The summed E-state index contributed by atoms with van der Waals surface area (Å²) in [7, 11) is 1.61. The van der Waals surface area contributed by atoms with Crippen LogP contribution in [0.15, 0.2) is 22.8 Å². The van der Waals surface area contributed by atoms with Gasteiger partial charge < -0.3 is 10.6 Å². The Hall–Kier alpha value is -1.10.